The smallest absolute Gasteiger partial charge is 0.119 e. The van der Waals surface area contributed by atoms with Crippen LogP contribution in [-0.4, -0.2) is 54.6 Å². The molecule has 1 fully saturated rings. The molecule has 4 nitrogen and oxygen atoms in total. The van der Waals surface area contributed by atoms with Crippen LogP contribution < -0.4 is 4.74 Å². The minimum atomic E-state index is -0.515. The number of aliphatic hydroxyl groups excluding tert-OH is 1. The van der Waals surface area contributed by atoms with Gasteiger partial charge in [0.15, 0.2) is 0 Å². The van der Waals surface area contributed by atoms with Crippen LogP contribution in [0.25, 0.3) is 0 Å². The van der Waals surface area contributed by atoms with Crippen LogP contribution in [0.1, 0.15) is 19.4 Å². The Morgan fingerprint density at radius 3 is 2.67 bits per heavy atom. The van der Waals surface area contributed by atoms with Gasteiger partial charge in [-0.05, 0) is 44.5 Å². The monoisotopic (exact) mass is 313 g/mol. The third-order valence-electron chi connectivity index (χ3n) is 3.54. The van der Waals surface area contributed by atoms with E-state index in [1.54, 1.807) is 0 Å². The molecule has 118 valence electrons. The summed E-state index contributed by atoms with van der Waals surface area (Å²) in [4.78, 5) is 2.22. The number of halogens is 1. The molecule has 5 heteroatoms. The average Bonchev–Trinajstić information content (AvgIpc) is 2.39. The van der Waals surface area contributed by atoms with Crippen LogP contribution in [0.3, 0.4) is 0 Å². The van der Waals surface area contributed by atoms with Crippen LogP contribution in [-0.2, 0) is 4.74 Å². The molecule has 0 spiro atoms. The number of hydrogen-bond acceptors (Lipinski definition) is 4. The summed E-state index contributed by atoms with van der Waals surface area (Å²) in [6, 6.07) is 5.51. The topological polar surface area (TPSA) is 41.9 Å². The lowest BCUT2D eigenvalue weighted by molar-refractivity contribution is -0.0786. The molecule has 1 heterocycles. The van der Waals surface area contributed by atoms with Crippen LogP contribution in [0, 0.1) is 6.92 Å². The van der Waals surface area contributed by atoms with Crippen LogP contribution in [0.15, 0.2) is 18.2 Å². The fraction of sp³-hybridized carbons (Fsp3) is 0.625. The van der Waals surface area contributed by atoms with E-state index in [0.717, 1.165) is 29.4 Å². The fourth-order valence-corrected chi connectivity index (χ4v) is 2.80. The number of ether oxygens (including phenoxy) is 2. The average molecular weight is 314 g/mol. The van der Waals surface area contributed by atoms with E-state index < -0.39 is 6.10 Å². The van der Waals surface area contributed by atoms with Gasteiger partial charge in [0, 0.05) is 24.7 Å². The van der Waals surface area contributed by atoms with Crippen LogP contribution >= 0.6 is 11.6 Å². The van der Waals surface area contributed by atoms with Crippen LogP contribution in [0.5, 0.6) is 5.75 Å². The van der Waals surface area contributed by atoms with E-state index in [0.29, 0.717) is 6.54 Å². The van der Waals surface area contributed by atoms with Gasteiger partial charge in [-0.15, -0.1) is 0 Å². The minimum Gasteiger partial charge on any atom is -0.491 e. The number of hydrogen-bond donors (Lipinski definition) is 1. The molecule has 2 rings (SSSR count). The van der Waals surface area contributed by atoms with Gasteiger partial charge in [-0.3, -0.25) is 4.90 Å². The molecule has 1 saturated heterocycles. The second-order valence-corrected chi connectivity index (χ2v) is 6.26. The zero-order valence-corrected chi connectivity index (χ0v) is 13.6. The Bertz CT molecular complexity index is 459. The van der Waals surface area contributed by atoms with Crippen LogP contribution in [0.4, 0.5) is 0 Å². The van der Waals surface area contributed by atoms with E-state index >= 15 is 0 Å². The lowest BCUT2D eigenvalue weighted by atomic mass is 10.2. The predicted octanol–water partition coefficient (Wildman–Crippen LogP) is 2.50. The molecule has 0 aromatic heterocycles. The molecule has 1 aromatic carbocycles. The van der Waals surface area contributed by atoms with Gasteiger partial charge in [0.05, 0.1) is 12.2 Å². The van der Waals surface area contributed by atoms with Crippen molar-refractivity contribution in [2.75, 3.05) is 26.2 Å². The lowest BCUT2D eigenvalue weighted by Gasteiger charge is -2.36. The predicted molar refractivity (Wildman–Crippen MR) is 84.1 cm³/mol. The van der Waals surface area contributed by atoms with Gasteiger partial charge in [-0.25, -0.2) is 0 Å². The SMILES string of the molecule is Cc1cc(OC[C@H](O)CN2C[C@@H](C)O[C@H](C)C2)ccc1Cl. The summed E-state index contributed by atoms with van der Waals surface area (Å²) in [6.45, 7) is 8.63. The highest BCUT2D eigenvalue weighted by molar-refractivity contribution is 6.31. The number of aliphatic hydroxyl groups is 1. The largest absolute Gasteiger partial charge is 0.491 e. The van der Waals surface area contributed by atoms with E-state index in [2.05, 4.69) is 18.7 Å². The molecule has 0 amide bonds. The molecule has 0 unspecified atom stereocenters. The molecule has 21 heavy (non-hydrogen) atoms. The highest BCUT2D eigenvalue weighted by atomic mass is 35.5. The molecular weight excluding hydrogens is 290 g/mol. The maximum Gasteiger partial charge on any atom is 0.119 e. The molecule has 0 radical (unpaired) electrons. The zero-order chi connectivity index (χ0) is 15.4. The molecule has 1 aromatic rings. The van der Waals surface area contributed by atoms with Crippen molar-refractivity contribution in [2.45, 2.75) is 39.1 Å². The van der Waals surface area contributed by atoms with Gasteiger partial charge in [0.1, 0.15) is 18.5 Å². The standard InChI is InChI=1S/C16H24ClNO3/c1-11-6-15(4-5-16(11)17)20-10-14(19)9-18-7-12(2)21-13(3)8-18/h4-6,12-14,19H,7-10H2,1-3H3/t12-,13-,14-/m1/s1. The third-order valence-corrected chi connectivity index (χ3v) is 3.96. The molecule has 0 aliphatic carbocycles. The Balaban J connectivity index is 1.79. The lowest BCUT2D eigenvalue weighted by Crippen LogP contribution is -2.48. The zero-order valence-electron chi connectivity index (χ0n) is 12.9. The van der Waals surface area contributed by atoms with Crippen LogP contribution in [0.2, 0.25) is 5.02 Å². The van der Waals surface area contributed by atoms with E-state index in [9.17, 15) is 5.11 Å². The molecule has 1 aliphatic rings. The van der Waals surface area contributed by atoms with Crippen molar-refractivity contribution in [2.24, 2.45) is 0 Å². The second kappa shape index (κ2) is 7.45. The van der Waals surface area contributed by atoms with E-state index in [4.69, 9.17) is 21.1 Å². The summed E-state index contributed by atoms with van der Waals surface area (Å²) in [7, 11) is 0. The highest BCUT2D eigenvalue weighted by Gasteiger charge is 2.23. The summed E-state index contributed by atoms with van der Waals surface area (Å²) in [5.74, 6) is 0.736. The van der Waals surface area contributed by atoms with Crippen molar-refractivity contribution in [1.82, 2.24) is 4.90 Å². The van der Waals surface area contributed by atoms with Crippen molar-refractivity contribution < 1.29 is 14.6 Å². The maximum absolute atomic E-state index is 10.1. The van der Waals surface area contributed by atoms with Crippen molar-refractivity contribution in [1.29, 1.82) is 0 Å². The quantitative estimate of drug-likeness (QED) is 0.907. The summed E-state index contributed by atoms with van der Waals surface area (Å²) < 4.78 is 11.3. The van der Waals surface area contributed by atoms with E-state index in [1.165, 1.54) is 0 Å². The molecular formula is C16H24ClNO3. The van der Waals surface area contributed by atoms with Gasteiger partial charge in [0.2, 0.25) is 0 Å². The number of nitrogens with zero attached hydrogens (tertiary/aromatic N) is 1. The van der Waals surface area contributed by atoms with Crippen molar-refractivity contribution in [3.05, 3.63) is 28.8 Å². The number of benzene rings is 1. The summed E-state index contributed by atoms with van der Waals surface area (Å²) in [5, 5.41) is 10.8. The van der Waals surface area contributed by atoms with Gasteiger partial charge in [-0.1, -0.05) is 11.6 Å². The van der Waals surface area contributed by atoms with Gasteiger partial charge in [-0.2, -0.15) is 0 Å². The first kappa shape index (κ1) is 16.6. The number of rotatable bonds is 5. The highest BCUT2D eigenvalue weighted by Crippen LogP contribution is 2.21. The number of β-amino-alcohol motifs (C(OH)–C–C–N with tert-alkyl or cyclic N) is 1. The normalized spacial score (nSPS) is 24.8. The first-order valence-electron chi connectivity index (χ1n) is 7.39. The molecule has 0 saturated carbocycles. The minimum absolute atomic E-state index is 0.209. The van der Waals surface area contributed by atoms with Crippen molar-refractivity contribution >= 4 is 11.6 Å². The van der Waals surface area contributed by atoms with Gasteiger partial charge in [0.25, 0.3) is 0 Å². The Hall–Kier alpha value is -0.810. The Morgan fingerprint density at radius 2 is 2.05 bits per heavy atom. The summed E-state index contributed by atoms with van der Waals surface area (Å²) in [5.41, 5.74) is 0.972. The van der Waals surface area contributed by atoms with Crippen molar-refractivity contribution in [3.8, 4) is 5.75 Å². The Labute approximate surface area is 131 Å². The third kappa shape index (κ3) is 5.15. The van der Waals surface area contributed by atoms with Gasteiger partial charge < -0.3 is 14.6 Å². The molecule has 1 aliphatic heterocycles. The molecule has 1 N–H and O–H groups in total. The molecule has 3 atom stereocenters. The Morgan fingerprint density at radius 1 is 1.38 bits per heavy atom. The Kier molecular flexibility index (Phi) is 5.88. The maximum atomic E-state index is 10.1. The van der Waals surface area contributed by atoms with Gasteiger partial charge >= 0.3 is 0 Å². The summed E-state index contributed by atoms with van der Waals surface area (Å²) >= 11 is 5.98. The fourth-order valence-electron chi connectivity index (χ4n) is 2.68. The second-order valence-electron chi connectivity index (χ2n) is 5.85. The van der Waals surface area contributed by atoms with E-state index in [1.807, 2.05) is 25.1 Å². The first-order valence-corrected chi connectivity index (χ1v) is 7.76. The first-order chi connectivity index (χ1) is 9.94. The number of morpholine rings is 1. The molecule has 0 bridgehead atoms. The number of aryl methyl sites for hydroxylation is 1. The van der Waals surface area contributed by atoms with Crippen molar-refractivity contribution in [3.63, 3.8) is 0 Å². The van der Waals surface area contributed by atoms with E-state index in [-0.39, 0.29) is 18.8 Å². The summed E-state index contributed by atoms with van der Waals surface area (Å²) in [6.07, 6.45) is -0.0972.